The summed E-state index contributed by atoms with van der Waals surface area (Å²) in [5.74, 6) is -2.50. The van der Waals surface area contributed by atoms with E-state index < -0.39 is 60.3 Å². The third kappa shape index (κ3) is 22.5. The maximum absolute atomic E-state index is 13.5. The molecule has 0 aromatic heterocycles. The number of benzene rings is 4. The molecule has 18 nitrogen and oxygen atoms in total. The van der Waals surface area contributed by atoms with Crippen molar-refractivity contribution in [3.8, 4) is 0 Å². The van der Waals surface area contributed by atoms with Gasteiger partial charge < -0.3 is 56.0 Å². The summed E-state index contributed by atoms with van der Waals surface area (Å²) in [5.41, 5.74) is 3.18. The summed E-state index contributed by atoms with van der Waals surface area (Å²) >= 11 is 0. The Kier molecular flexibility index (Phi) is 24.4. The molecule has 4 aromatic rings. The zero-order valence-corrected chi connectivity index (χ0v) is 38.0. The number of carbonyl (C=O) groups is 7. The summed E-state index contributed by atoms with van der Waals surface area (Å²) < 4.78 is 21.1. The van der Waals surface area contributed by atoms with Gasteiger partial charge in [0.1, 0.15) is 44.6 Å². The summed E-state index contributed by atoms with van der Waals surface area (Å²) in [4.78, 5) is 89.0. The highest BCUT2D eigenvalue weighted by molar-refractivity contribution is 5.89. The van der Waals surface area contributed by atoms with Crippen molar-refractivity contribution in [2.75, 3.05) is 19.6 Å². The number of ether oxygens (including phenoxy) is 4. The number of nitrogens with one attached hydrogen (secondary N) is 6. The van der Waals surface area contributed by atoms with Crippen molar-refractivity contribution in [2.24, 2.45) is 0 Å². The Bertz CT molecular complexity index is 2130. The van der Waals surface area contributed by atoms with Crippen LogP contribution in [0.25, 0.3) is 0 Å². The van der Waals surface area contributed by atoms with Crippen molar-refractivity contribution in [1.29, 1.82) is 0 Å². The van der Waals surface area contributed by atoms with Gasteiger partial charge >= 0.3 is 30.3 Å². The lowest BCUT2D eigenvalue weighted by atomic mass is 10.1. The first-order valence-electron chi connectivity index (χ1n) is 22.7. The van der Waals surface area contributed by atoms with Gasteiger partial charge in [0.05, 0.1) is 0 Å². The van der Waals surface area contributed by atoms with Crippen molar-refractivity contribution in [1.82, 2.24) is 31.9 Å². The molecule has 0 aliphatic carbocycles. The maximum Gasteiger partial charge on any atom is 0.408 e. The van der Waals surface area contributed by atoms with Gasteiger partial charge in [-0.15, -0.1) is 0 Å². The molecule has 0 fully saturated rings. The predicted molar refractivity (Wildman–Crippen MR) is 250 cm³/mol. The number of carbonyl (C=O) groups excluding carboxylic acids is 6. The van der Waals surface area contributed by atoms with Crippen molar-refractivity contribution in [2.45, 2.75) is 102 Å². The molecule has 0 aliphatic rings. The third-order valence-electron chi connectivity index (χ3n) is 10.3. The second kappa shape index (κ2) is 31.3. The van der Waals surface area contributed by atoms with E-state index in [2.05, 4.69) is 31.9 Å². The van der Waals surface area contributed by atoms with E-state index in [0.29, 0.717) is 32.1 Å². The smallest absolute Gasteiger partial charge is 0.408 e. The van der Waals surface area contributed by atoms with E-state index in [1.165, 1.54) is 0 Å². The largest absolute Gasteiger partial charge is 0.480 e. The summed E-state index contributed by atoms with van der Waals surface area (Å²) in [5, 5.41) is 25.8. The standard InChI is InChI=1S/C50H62N6O12/c57-44(41(55-49(63)67-35-39-23-9-3-10-24-39)27-13-17-31-52-47(61)65-33-37-19-5-1-6-20-37)51-30-16-15-29-43(46(59)60)54-45(58)42(56-50(64)68-36-40-25-11-4-12-26-40)28-14-18-32-53-48(62)66-34-38-21-7-2-8-22-38/h1-12,19-26,41-43H,13-18,27-36H2,(H,51,57)(H,52,61)(H,53,62)(H,54,58)(H,55,63)(H,56,64)(H,59,60)/t41-,42-,43-/m0/s1. The molecule has 0 bridgehead atoms. The van der Waals surface area contributed by atoms with E-state index in [9.17, 15) is 38.7 Å². The van der Waals surface area contributed by atoms with E-state index in [-0.39, 0.29) is 71.7 Å². The quantitative estimate of drug-likeness (QED) is 0.0224. The van der Waals surface area contributed by atoms with E-state index in [1.54, 1.807) is 36.4 Å². The molecular formula is C50H62N6O12. The Balaban J connectivity index is 1.23. The molecule has 0 heterocycles. The molecule has 4 rings (SSSR count). The summed E-state index contributed by atoms with van der Waals surface area (Å²) in [6, 6.07) is 33.0. The van der Waals surface area contributed by atoms with Crippen LogP contribution in [0.2, 0.25) is 0 Å². The van der Waals surface area contributed by atoms with Gasteiger partial charge in [-0.25, -0.2) is 24.0 Å². The minimum Gasteiger partial charge on any atom is -0.480 e. The number of carboxylic acid groups (broad SMARTS) is 1. The number of amides is 6. The minimum atomic E-state index is -1.32. The molecule has 0 radical (unpaired) electrons. The first-order chi connectivity index (χ1) is 33.0. The number of alkyl carbamates (subject to hydrolysis) is 4. The first-order valence-corrected chi connectivity index (χ1v) is 22.7. The fourth-order valence-electron chi connectivity index (χ4n) is 6.57. The summed E-state index contributed by atoms with van der Waals surface area (Å²) in [6.07, 6.45) is -0.142. The summed E-state index contributed by atoms with van der Waals surface area (Å²) in [6.45, 7) is 0.822. The van der Waals surface area contributed by atoms with E-state index in [1.807, 2.05) is 84.9 Å². The van der Waals surface area contributed by atoms with E-state index in [0.717, 1.165) is 22.3 Å². The number of hydrogen-bond acceptors (Lipinski definition) is 11. The fraction of sp³-hybridized carbons (Fsp3) is 0.380. The number of carboxylic acids is 1. The van der Waals surface area contributed by atoms with Crippen LogP contribution in [0.1, 0.15) is 80.0 Å². The lowest BCUT2D eigenvalue weighted by Crippen LogP contribution is -2.51. The number of aliphatic carboxylic acids is 1. The highest BCUT2D eigenvalue weighted by Crippen LogP contribution is 2.10. The lowest BCUT2D eigenvalue weighted by Gasteiger charge is -2.22. The zero-order chi connectivity index (χ0) is 48.6. The van der Waals surface area contributed by atoms with Gasteiger partial charge in [0.25, 0.3) is 0 Å². The Morgan fingerprint density at radius 3 is 1.03 bits per heavy atom. The lowest BCUT2D eigenvalue weighted by molar-refractivity contribution is -0.142. The van der Waals surface area contributed by atoms with Gasteiger partial charge in [-0.2, -0.15) is 0 Å². The maximum atomic E-state index is 13.5. The Morgan fingerprint density at radius 1 is 0.368 bits per heavy atom. The number of hydrogen-bond donors (Lipinski definition) is 7. The van der Waals surface area contributed by atoms with Crippen molar-refractivity contribution < 1.29 is 57.6 Å². The van der Waals surface area contributed by atoms with Crippen molar-refractivity contribution in [3.05, 3.63) is 144 Å². The molecule has 0 saturated carbocycles. The van der Waals surface area contributed by atoms with Gasteiger partial charge in [-0.3, -0.25) is 9.59 Å². The molecule has 3 atom stereocenters. The predicted octanol–water partition coefficient (Wildman–Crippen LogP) is 6.63. The van der Waals surface area contributed by atoms with Gasteiger partial charge in [0.15, 0.2) is 0 Å². The average molecular weight is 939 g/mol. The number of rotatable bonds is 29. The van der Waals surface area contributed by atoms with Crippen molar-refractivity contribution >= 4 is 42.2 Å². The van der Waals surface area contributed by atoms with Gasteiger partial charge in [0.2, 0.25) is 11.8 Å². The van der Waals surface area contributed by atoms with Gasteiger partial charge in [0, 0.05) is 19.6 Å². The SMILES string of the molecule is O=C(NCCCC[C@H](NC(=O)OCc1ccccc1)C(=O)NCCCC[C@H](NC(=O)[C@H](CCCCNC(=O)OCc1ccccc1)NC(=O)OCc1ccccc1)C(=O)O)OCc1ccccc1. The molecule has 0 saturated heterocycles. The van der Waals surface area contributed by atoms with Crippen LogP contribution in [0, 0.1) is 0 Å². The van der Waals surface area contributed by atoms with E-state index in [4.69, 9.17) is 18.9 Å². The van der Waals surface area contributed by atoms with Crippen molar-refractivity contribution in [3.63, 3.8) is 0 Å². The van der Waals surface area contributed by atoms with Gasteiger partial charge in [-0.1, -0.05) is 121 Å². The topological polar surface area (TPSA) is 249 Å². The first kappa shape index (κ1) is 53.0. The van der Waals surface area contributed by atoms with Crippen LogP contribution in [-0.4, -0.2) is 85.0 Å². The Hall–Kier alpha value is -7.63. The minimum absolute atomic E-state index is 0.00213. The molecule has 0 aliphatic heterocycles. The molecule has 364 valence electrons. The van der Waals surface area contributed by atoms with Crippen LogP contribution in [0.3, 0.4) is 0 Å². The van der Waals surface area contributed by atoms with Crippen LogP contribution in [0.5, 0.6) is 0 Å². The molecule has 0 spiro atoms. The zero-order valence-electron chi connectivity index (χ0n) is 38.0. The van der Waals surface area contributed by atoms with Crippen LogP contribution >= 0.6 is 0 Å². The molecule has 68 heavy (non-hydrogen) atoms. The second-order valence-electron chi connectivity index (χ2n) is 15.7. The number of unbranched alkanes of at least 4 members (excludes halogenated alkanes) is 3. The normalized spacial score (nSPS) is 11.9. The molecule has 6 amide bonds. The second-order valence-corrected chi connectivity index (χ2v) is 15.7. The summed E-state index contributed by atoms with van der Waals surface area (Å²) in [7, 11) is 0. The Labute approximate surface area is 396 Å². The van der Waals surface area contributed by atoms with Crippen LogP contribution < -0.4 is 31.9 Å². The third-order valence-corrected chi connectivity index (χ3v) is 10.3. The fourth-order valence-corrected chi connectivity index (χ4v) is 6.57. The monoisotopic (exact) mass is 938 g/mol. The van der Waals surface area contributed by atoms with E-state index >= 15 is 0 Å². The van der Waals surface area contributed by atoms with Gasteiger partial charge in [-0.05, 0) is 80.0 Å². The Morgan fingerprint density at radius 2 is 0.676 bits per heavy atom. The molecule has 7 N–H and O–H groups in total. The molecular weight excluding hydrogens is 877 g/mol. The molecule has 0 unspecified atom stereocenters. The highest BCUT2D eigenvalue weighted by atomic mass is 16.6. The average Bonchev–Trinajstić information content (AvgIpc) is 3.35. The van der Waals surface area contributed by atoms with Crippen LogP contribution in [0.15, 0.2) is 121 Å². The molecule has 4 aromatic carbocycles. The van der Waals surface area contributed by atoms with Crippen LogP contribution in [-0.2, 0) is 59.8 Å². The highest BCUT2D eigenvalue weighted by Gasteiger charge is 2.27. The van der Waals surface area contributed by atoms with Crippen LogP contribution in [0.4, 0.5) is 19.2 Å². The molecule has 18 heteroatoms.